The lowest BCUT2D eigenvalue weighted by Gasteiger charge is -2.37. The molecule has 2 N–H and O–H groups in total. The van der Waals surface area contributed by atoms with E-state index < -0.39 is 0 Å². The van der Waals surface area contributed by atoms with Crippen LogP contribution in [-0.4, -0.2) is 51.5 Å². The average molecular weight is 253 g/mol. The van der Waals surface area contributed by atoms with Gasteiger partial charge in [0.1, 0.15) is 12.2 Å². The van der Waals surface area contributed by atoms with Crippen LogP contribution in [-0.2, 0) is 11.3 Å². The lowest BCUT2D eigenvalue weighted by molar-refractivity contribution is -0.0579. The Hall–Kier alpha value is -0.980. The highest BCUT2D eigenvalue weighted by Crippen LogP contribution is 2.15. The largest absolute Gasteiger partial charge is 0.374 e. The summed E-state index contributed by atoms with van der Waals surface area (Å²) in [5.74, 6) is 1.01. The summed E-state index contributed by atoms with van der Waals surface area (Å²) in [5, 5.41) is 4.27. The molecule has 1 aromatic heterocycles. The van der Waals surface area contributed by atoms with E-state index in [-0.39, 0.29) is 6.10 Å². The van der Waals surface area contributed by atoms with E-state index in [2.05, 4.69) is 35.8 Å². The highest BCUT2D eigenvalue weighted by Gasteiger charge is 2.26. The molecule has 0 saturated carbocycles. The topological polar surface area (TPSA) is 69.2 Å². The van der Waals surface area contributed by atoms with Crippen molar-refractivity contribution < 1.29 is 4.74 Å². The predicted molar refractivity (Wildman–Crippen MR) is 69.1 cm³/mol. The zero-order chi connectivity index (χ0) is 13.1. The van der Waals surface area contributed by atoms with E-state index in [0.29, 0.717) is 18.6 Å². The van der Waals surface area contributed by atoms with E-state index in [0.717, 1.165) is 25.5 Å². The molecule has 1 aliphatic heterocycles. The Labute approximate surface area is 108 Å². The molecule has 0 radical (unpaired) electrons. The highest BCUT2D eigenvalue weighted by atomic mass is 16.5. The third-order valence-electron chi connectivity index (χ3n) is 3.38. The summed E-state index contributed by atoms with van der Waals surface area (Å²) in [7, 11) is 0. The number of hydrogen-bond donors (Lipinski definition) is 1. The number of hydrogen-bond acceptors (Lipinski definition) is 5. The third kappa shape index (κ3) is 2.88. The molecule has 0 bridgehead atoms. The molecule has 1 aromatic rings. The first-order valence-corrected chi connectivity index (χ1v) is 6.56. The Kier molecular flexibility index (Phi) is 4.31. The van der Waals surface area contributed by atoms with Gasteiger partial charge in [0.2, 0.25) is 0 Å². The molecule has 102 valence electrons. The summed E-state index contributed by atoms with van der Waals surface area (Å²) in [4.78, 5) is 6.72. The SMILES string of the molecule is CC1COC(CN)CN1Cc1ncnn1C(C)C. The lowest BCUT2D eigenvalue weighted by Crippen LogP contribution is -2.50. The number of nitrogens with two attached hydrogens (primary N) is 1. The molecule has 18 heavy (non-hydrogen) atoms. The summed E-state index contributed by atoms with van der Waals surface area (Å²) in [6.07, 6.45) is 1.76. The second-order valence-corrected chi connectivity index (χ2v) is 5.18. The van der Waals surface area contributed by atoms with Crippen LogP contribution >= 0.6 is 0 Å². The van der Waals surface area contributed by atoms with Gasteiger partial charge in [-0.1, -0.05) is 0 Å². The van der Waals surface area contributed by atoms with Crippen LogP contribution in [0.25, 0.3) is 0 Å². The van der Waals surface area contributed by atoms with Gasteiger partial charge in [-0.3, -0.25) is 4.90 Å². The smallest absolute Gasteiger partial charge is 0.141 e. The Morgan fingerprint density at radius 2 is 2.33 bits per heavy atom. The maximum Gasteiger partial charge on any atom is 0.141 e. The van der Waals surface area contributed by atoms with E-state index in [1.54, 1.807) is 6.33 Å². The van der Waals surface area contributed by atoms with Gasteiger partial charge in [-0.2, -0.15) is 5.10 Å². The molecule has 0 aliphatic carbocycles. The van der Waals surface area contributed by atoms with Crippen LogP contribution < -0.4 is 5.73 Å². The third-order valence-corrected chi connectivity index (χ3v) is 3.38. The van der Waals surface area contributed by atoms with Gasteiger partial charge in [0.15, 0.2) is 0 Å². The first-order valence-electron chi connectivity index (χ1n) is 6.56. The van der Waals surface area contributed by atoms with E-state index >= 15 is 0 Å². The van der Waals surface area contributed by atoms with Crippen molar-refractivity contribution in [2.24, 2.45) is 5.73 Å². The van der Waals surface area contributed by atoms with Gasteiger partial charge in [0.25, 0.3) is 0 Å². The molecule has 0 amide bonds. The minimum absolute atomic E-state index is 0.136. The van der Waals surface area contributed by atoms with Crippen LogP contribution in [0.5, 0.6) is 0 Å². The zero-order valence-electron chi connectivity index (χ0n) is 11.4. The molecule has 2 atom stereocenters. The molecule has 6 heteroatoms. The van der Waals surface area contributed by atoms with E-state index in [1.165, 1.54) is 0 Å². The molecule has 1 saturated heterocycles. The van der Waals surface area contributed by atoms with Crippen LogP contribution in [0.4, 0.5) is 0 Å². The van der Waals surface area contributed by atoms with Crippen molar-refractivity contribution in [3.63, 3.8) is 0 Å². The molecule has 2 rings (SSSR count). The molecule has 2 unspecified atom stereocenters. The Morgan fingerprint density at radius 3 is 3.00 bits per heavy atom. The molecule has 0 spiro atoms. The van der Waals surface area contributed by atoms with Gasteiger partial charge in [-0.05, 0) is 20.8 Å². The van der Waals surface area contributed by atoms with Crippen molar-refractivity contribution in [3.8, 4) is 0 Å². The van der Waals surface area contributed by atoms with Crippen molar-refractivity contribution in [2.75, 3.05) is 19.7 Å². The second-order valence-electron chi connectivity index (χ2n) is 5.18. The van der Waals surface area contributed by atoms with Crippen molar-refractivity contribution in [2.45, 2.75) is 45.5 Å². The maximum absolute atomic E-state index is 5.68. The number of aromatic nitrogens is 3. The van der Waals surface area contributed by atoms with Crippen molar-refractivity contribution in [3.05, 3.63) is 12.2 Å². The number of morpholine rings is 1. The Balaban J connectivity index is 2.05. The first kappa shape index (κ1) is 13.5. The maximum atomic E-state index is 5.68. The average Bonchev–Trinajstić information content (AvgIpc) is 2.80. The lowest BCUT2D eigenvalue weighted by atomic mass is 10.2. The second kappa shape index (κ2) is 5.77. The monoisotopic (exact) mass is 253 g/mol. The van der Waals surface area contributed by atoms with Gasteiger partial charge in [0, 0.05) is 25.2 Å². The van der Waals surface area contributed by atoms with E-state index in [4.69, 9.17) is 10.5 Å². The minimum Gasteiger partial charge on any atom is -0.374 e. The van der Waals surface area contributed by atoms with Gasteiger partial charge >= 0.3 is 0 Å². The fraction of sp³-hybridized carbons (Fsp3) is 0.833. The molecule has 6 nitrogen and oxygen atoms in total. The standard InChI is InChI=1S/C12H23N5O/c1-9(2)17-12(14-8-15-17)6-16-5-11(4-13)18-7-10(16)3/h8-11H,4-7,13H2,1-3H3. The van der Waals surface area contributed by atoms with Crippen molar-refractivity contribution in [1.82, 2.24) is 19.7 Å². The predicted octanol–water partition coefficient (Wildman–Crippen LogP) is 0.407. The van der Waals surface area contributed by atoms with Crippen molar-refractivity contribution >= 4 is 0 Å². The van der Waals surface area contributed by atoms with Gasteiger partial charge in [0.05, 0.1) is 19.3 Å². The first-order chi connectivity index (χ1) is 8.61. The number of nitrogens with zero attached hydrogens (tertiary/aromatic N) is 4. The molecular formula is C12H23N5O. The number of rotatable bonds is 4. The number of ether oxygens (including phenoxy) is 1. The minimum atomic E-state index is 0.136. The molecular weight excluding hydrogens is 230 g/mol. The normalized spacial score (nSPS) is 25.8. The van der Waals surface area contributed by atoms with Crippen LogP contribution in [0, 0.1) is 0 Å². The molecule has 0 aromatic carbocycles. The van der Waals surface area contributed by atoms with Crippen LogP contribution in [0.3, 0.4) is 0 Å². The highest BCUT2D eigenvalue weighted by molar-refractivity contribution is 4.89. The zero-order valence-corrected chi connectivity index (χ0v) is 11.4. The van der Waals surface area contributed by atoms with Crippen LogP contribution in [0.2, 0.25) is 0 Å². The summed E-state index contributed by atoms with van der Waals surface area (Å²) in [6.45, 7) is 9.37. The molecule has 2 heterocycles. The molecule has 1 aliphatic rings. The van der Waals surface area contributed by atoms with Gasteiger partial charge < -0.3 is 10.5 Å². The van der Waals surface area contributed by atoms with Crippen molar-refractivity contribution in [1.29, 1.82) is 0 Å². The van der Waals surface area contributed by atoms with E-state index in [1.807, 2.05) is 4.68 Å². The Morgan fingerprint density at radius 1 is 1.56 bits per heavy atom. The van der Waals surface area contributed by atoms with Gasteiger partial charge in [-0.15, -0.1) is 0 Å². The summed E-state index contributed by atoms with van der Waals surface area (Å²) in [5.41, 5.74) is 5.68. The van der Waals surface area contributed by atoms with Gasteiger partial charge in [-0.25, -0.2) is 9.67 Å². The summed E-state index contributed by atoms with van der Waals surface area (Å²) < 4.78 is 7.63. The fourth-order valence-electron chi connectivity index (χ4n) is 2.24. The summed E-state index contributed by atoms with van der Waals surface area (Å²) in [6, 6.07) is 0.731. The quantitative estimate of drug-likeness (QED) is 0.841. The summed E-state index contributed by atoms with van der Waals surface area (Å²) >= 11 is 0. The van der Waals surface area contributed by atoms with Crippen LogP contribution in [0.1, 0.15) is 32.6 Å². The van der Waals surface area contributed by atoms with E-state index in [9.17, 15) is 0 Å². The Bertz CT molecular complexity index is 378. The fourth-order valence-corrected chi connectivity index (χ4v) is 2.24. The molecule has 1 fully saturated rings. The van der Waals surface area contributed by atoms with Crippen LogP contribution in [0.15, 0.2) is 6.33 Å².